The number of hydrogen-bond acceptors (Lipinski definition) is 1. The van der Waals surface area contributed by atoms with Crippen LogP contribution in [0.1, 0.15) is 0 Å². The number of pyridine rings is 1. The molecule has 0 fully saturated rings. The minimum atomic E-state index is 0. The van der Waals surface area contributed by atoms with Crippen molar-refractivity contribution in [2.75, 3.05) is 0 Å². The van der Waals surface area contributed by atoms with E-state index in [4.69, 9.17) is 0 Å². The summed E-state index contributed by atoms with van der Waals surface area (Å²) in [5.74, 6) is 0. The van der Waals surface area contributed by atoms with Gasteiger partial charge in [0.25, 0.3) is 0 Å². The van der Waals surface area contributed by atoms with E-state index in [-0.39, 0.29) is 22.4 Å². The molecule has 1 radical (unpaired) electrons. The number of benzene rings is 2. The smallest absolute Gasteiger partial charge is 0 e. The molecule has 19 heavy (non-hydrogen) atoms. The number of hydrogen-bond donors (Lipinski definition) is 0. The second-order valence-electron chi connectivity index (χ2n) is 3.96. The van der Waals surface area contributed by atoms with Gasteiger partial charge in [-0.05, 0) is 11.4 Å². The SMILES string of the molecule is [Au].[c-]1ccccc1-c1cccc(-c2[c-]cccc2)n1. The van der Waals surface area contributed by atoms with E-state index >= 15 is 0 Å². The molecule has 2 heteroatoms. The Labute approximate surface area is 128 Å². The first-order valence-electron chi connectivity index (χ1n) is 5.85. The minimum absolute atomic E-state index is 0. The minimum Gasteiger partial charge on any atom is -0.345 e. The average molecular weight is 426 g/mol. The van der Waals surface area contributed by atoms with Crippen LogP contribution in [0.5, 0.6) is 0 Å². The van der Waals surface area contributed by atoms with Gasteiger partial charge in [-0.3, -0.25) is 0 Å². The van der Waals surface area contributed by atoms with Gasteiger partial charge in [-0.15, -0.1) is 71.8 Å². The molecule has 0 aliphatic heterocycles. The van der Waals surface area contributed by atoms with Crippen LogP contribution in [-0.2, 0) is 22.4 Å². The maximum atomic E-state index is 4.65. The maximum Gasteiger partial charge on any atom is 0 e. The van der Waals surface area contributed by atoms with Crippen molar-refractivity contribution in [3.05, 3.63) is 78.9 Å². The van der Waals surface area contributed by atoms with Crippen LogP contribution in [0, 0.1) is 12.1 Å². The molecule has 0 aliphatic rings. The second-order valence-corrected chi connectivity index (χ2v) is 3.96. The van der Waals surface area contributed by atoms with Gasteiger partial charge >= 0.3 is 0 Å². The third-order valence-electron chi connectivity index (χ3n) is 2.72. The Hall–Kier alpha value is -1.67. The fourth-order valence-corrected chi connectivity index (χ4v) is 1.84. The first-order chi connectivity index (χ1) is 8.93. The van der Waals surface area contributed by atoms with Crippen LogP contribution in [0.15, 0.2) is 66.7 Å². The molecular weight excluding hydrogens is 415 g/mol. The Kier molecular flexibility index (Phi) is 4.69. The molecule has 0 amide bonds. The predicted molar refractivity (Wildman–Crippen MR) is 72.8 cm³/mol. The van der Waals surface area contributed by atoms with Gasteiger partial charge in [0.15, 0.2) is 0 Å². The zero-order valence-electron chi connectivity index (χ0n) is 10.1. The molecule has 0 saturated carbocycles. The van der Waals surface area contributed by atoms with E-state index in [1.54, 1.807) is 0 Å². The van der Waals surface area contributed by atoms with Gasteiger partial charge in [-0.2, -0.15) is 0 Å². The number of aromatic nitrogens is 1. The standard InChI is InChI=1S/C17H11N.Au/c1-3-8-14(9-4-1)16-12-7-13-17(18-16)15-10-5-2-6-11-15;/h1-8,10,12-13H;/q-2;. The molecule has 0 N–H and O–H groups in total. The summed E-state index contributed by atoms with van der Waals surface area (Å²) in [6, 6.07) is 28.1. The van der Waals surface area contributed by atoms with Crippen molar-refractivity contribution < 1.29 is 22.4 Å². The molecule has 0 saturated heterocycles. The zero-order chi connectivity index (χ0) is 12.2. The summed E-state index contributed by atoms with van der Waals surface area (Å²) >= 11 is 0. The van der Waals surface area contributed by atoms with Gasteiger partial charge in [0.2, 0.25) is 0 Å². The summed E-state index contributed by atoms with van der Waals surface area (Å²) in [5.41, 5.74) is 3.89. The topological polar surface area (TPSA) is 12.9 Å². The molecule has 0 bridgehead atoms. The van der Waals surface area contributed by atoms with Crippen molar-refractivity contribution in [3.63, 3.8) is 0 Å². The van der Waals surface area contributed by atoms with E-state index in [0.29, 0.717) is 0 Å². The normalized spacial score (nSPS) is 9.68. The van der Waals surface area contributed by atoms with E-state index < -0.39 is 0 Å². The van der Waals surface area contributed by atoms with E-state index in [1.165, 1.54) is 0 Å². The molecule has 97 valence electrons. The van der Waals surface area contributed by atoms with Crippen LogP contribution in [0.4, 0.5) is 0 Å². The van der Waals surface area contributed by atoms with Crippen LogP contribution in [0.2, 0.25) is 0 Å². The second kappa shape index (κ2) is 6.48. The fraction of sp³-hybridized carbons (Fsp3) is 0. The van der Waals surface area contributed by atoms with E-state index in [1.807, 2.05) is 66.7 Å². The quantitative estimate of drug-likeness (QED) is 0.446. The summed E-state index contributed by atoms with van der Waals surface area (Å²) in [6.45, 7) is 0. The van der Waals surface area contributed by atoms with Gasteiger partial charge < -0.3 is 4.98 Å². The molecule has 3 rings (SSSR count). The van der Waals surface area contributed by atoms with Gasteiger partial charge in [0, 0.05) is 22.4 Å². The van der Waals surface area contributed by atoms with Crippen LogP contribution in [0.3, 0.4) is 0 Å². The van der Waals surface area contributed by atoms with Crippen LogP contribution < -0.4 is 0 Å². The van der Waals surface area contributed by atoms with Crippen LogP contribution >= 0.6 is 0 Å². The number of rotatable bonds is 2. The third-order valence-corrected chi connectivity index (χ3v) is 2.72. The first kappa shape index (κ1) is 13.8. The zero-order valence-corrected chi connectivity index (χ0v) is 12.3. The van der Waals surface area contributed by atoms with E-state index in [2.05, 4.69) is 17.1 Å². The van der Waals surface area contributed by atoms with Crippen molar-refractivity contribution in [1.29, 1.82) is 0 Å². The maximum absolute atomic E-state index is 4.65. The molecule has 0 spiro atoms. The molecule has 2 aromatic carbocycles. The van der Waals surface area contributed by atoms with Crippen LogP contribution in [-0.4, -0.2) is 4.98 Å². The van der Waals surface area contributed by atoms with Gasteiger partial charge in [-0.25, -0.2) is 0 Å². The molecule has 1 nitrogen and oxygen atoms in total. The van der Waals surface area contributed by atoms with E-state index in [9.17, 15) is 0 Å². The molecular formula is C17H11AuN-2. The first-order valence-corrected chi connectivity index (χ1v) is 5.85. The Balaban J connectivity index is 0.00000133. The van der Waals surface area contributed by atoms with Crippen molar-refractivity contribution in [1.82, 2.24) is 4.98 Å². The molecule has 1 aromatic heterocycles. The van der Waals surface area contributed by atoms with Crippen molar-refractivity contribution in [2.24, 2.45) is 0 Å². The fourth-order valence-electron chi connectivity index (χ4n) is 1.84. The molecule has 0 aliphatic carbocycles. The summed E-state index contributed by atoms with van der Waals surface area (Å²) < 4.78 is 0. The van der Waals surface area contributed by atoms with Crippen molar-refractivity contribution in [3.8, 4) is 22.5 Å². The van der Waals surface area contributed by atoms with Gasteiger partial charge in [-0.1, -0.05) is 18.2 Å². The monoisotopic (exact) mass is 426 g/mol. The molecule has 1 heterocycles. The Morgan fingerprint density at radius 3 is 1.58 bits per heavy atom. The third kappa shape index (κ3) is 3.21. The predicted octanol–water partition coefficient (Wildman–Crippen LogP) is 4.01. The largest absolute Gasteiger partial charge is 0.345 e. The van der Waals surface area contributed by atoms with Crippen molar-refractivity contribution >= 4 is 0 Å². The average Bonchev–Trinajstić information content (AvgIpc) is 2.49. The molecule has 0 unspecified atom stereocenters. The summed E-state index contributed by atoms with van der Waals surface area (Å²) in [4.78, 5) is 4.65. The molecule has 3 aromatic rings. The number of nitrogens with zero attached hydrogens (tertiary/aromatic N) is 1. The molecule has 0 atom stereocenters. The van der Waals surface area contributed by atoms with Crippen molar-refractivity contribution in [2.45, 2.75) is 0 Å². The Morgan fingerprint density at radius 2 is 1.16 bits per heavy atom. The summed E-state index contributed by atoms with van der Waals surface area (Å²) in [5, 5.41) is 0. The summed E-state index contributed by atoms with van der Waals surface area (Å²) in [6.07, 6.45) is 0. The van der Waals surface area contributed by atoms with Crippen LogP contribution in [0.25, 0.3) is 22.5 Å². The Morgan fingerprint density at radius 1 is 0.632 bits per heavy atom. The Bertz CT molecular complexity index is 581. The van der Waals surface area contributed by atoms with Gasteiger partial charge in [0.05, 0.1) is 0 Å². The summed E-state index contributed by atoms with van der Waals surface area (Å²) in [7, 11) is 0. The van der Waals surface area contributed by atoms with Gasteiger partial charge in [0.1, 0.15) is 0 Å². The van der Waals surface area contributed by atoms with E-state index in [0.717, 1.165) is 22.5 Å².